The highest BCUT2D eigenvalue weighted by Gasteiger charge is 2.53. The molecular weight excluding hydrogens is 527 g/mol. The number of nitrogens with zero attached hydrogens (tertiary/aromatic N) is 2. The van der Waals surface area contributed by atoms with Crippen LogP contribution in [0.25, 0.3) is 0 Å². The van der Waals surface area contributed by atoms with Crippen molar-refractivity contribution in [1.29, 1.82) is 0 Å². The smallest absolute Gasteiger partial charge is 0.279 e. The number of amides is 3. The van der Waals surface area contributed by atoms with E-state index in [1.807, 2.05) is 19.2 Å². The monoisotopic (exact) mass is 562 g/mol. The molecular formula is C27H35FN4O8. The van der Waals surface area contributed by atoms with Crippen LogP contribution in [0.1, 0.15) is 37.8 Å². The SMILES string of the molecule is C=C(O)/C(O)=C1/C(=O)N(C2(O)CCC(=O)NC2=O)C/C1=C(/O)NCc1ccc(CN2CCOCC2)cc1F.CC. The molecule has 3 saturated heterocycles. The molecule has 1 atom stereocenters. The summed E-state index contributed by atoms with van der Waals surface area (Å²) in [5.41, 5.74) is -2.36. The van der Waals surface area contributed by atoms with E-state index in [1.54, 1.807) is 12.1 Å². The third kappa shape index (κ3) is 6.43. The lowest BCUT2D eigenvalue weighted by Crippen LogP contribution is -2.63. The predicted molar refractivity (Wildman–Crippen MR) is 141 cm³/mol. The van der Waals surface area contributed by atoms with Crippen LogP contribution >= 0.6 is 0 Å². The summed E-state index contributed by atoms with van der Waals surface area (Å²) in [5, 5.41) is 46.2. The number of nitrogens with one attached hydrogen (secondary N) is 2. The fraction of sp³-hybridized carbons (Fsp3) is 0.444. The van der Waals surface area contributed by atoms with E-state index < -0.39 is 65.2 Å². The van der Waals surface area contributed by atoms with Gasteiger partial charge in [-0.2, -0.15) is 0 Å². The van der Waals surface area contributed by atoms with E-state index in [0.717, 1.165) is 18.7 Å². The van der Waals surface area contributed by atoms with Gasteiger partial charge < -0.3 is 30.5 Å². The molecule has 1 unspecified atom stereocenters. The summed E-state index contributed by atoms with van der Waals surface area (Å²) in [7, 11) is 0. The minimum atomic E-state index is -2.45. The number of carbonyl (C=O) groups is 3. The first-order valence-electron chi connectivity index (χ1n) is 12.9. The quantitative estimate of drug-likeness (QED) is 0.162. The zero-order valence-electron chi connectivity index (χ0n) is 22.5. The molecule has 0 saturated carbocycles. The topological polar surface area (TPSA) is 172 Å². The molecule has 3 aliphatic rings. The lowest BCUT2D eigenvalue weighted by molar-refractivity contribution is -0.177. The number of benzene rings is 1. The third-order valence-corrected chi connectivity index (χ3v) is 6.71. The Morgan fingerprint density at radius 2 is 1.85 bits per heavy atom. The minimum absolute atomic E-state index is 0.203. The van der Waals surface area contributed by atoms with E-state index >= 15 is 0 Å². The highest BCUT2D eigenvalue weighted by Crippen LogP contribution is 2.35. The van der Waals surface area contributed by atoms with Gasteiger partial charge in [-0.05, 0) is 11.6 Å². The van der Waals surface area contributed by atoms with Gasteiger partial charge in [-0.3, -0.25) is 29.5 Å². The molecule has 40 heavy (non-hydrogen) atoms. The van der Waals surface area contributed by atoms with Crippen LogP contribution in [-0.4, -0.2) is 86.5 Å². The van der Waals surface area contributed by atoms with Crippen LogP contribution in [0.2, 0.25) is 0 Å². The van der Waals surface area contributed by atoms with Gasteiger partial charge in [0, 0.05) is 50.2 Å². The third-order valence-electron chi connectivity index (χ3n) is 6.71. The zero-order valence-corrected chi connectivity index (χ0v) is 22.5. The number of aliphatic hydroxyl groups excluding tert-OH is 3. The molecule has 3 heterocycles. The van der Waals surface area contributed by atoms with Crippen molar-refractivity contribution in [2.45, 2.75) is 45.5 Å². The largest absolute Gasteiger partial charge is 0.505 e. The molecule has 13 heteroatoms. The lowest BCUT2D eigenvalue weighted by Gasteiger charge is -2.37. The number of aliphatic hydroxyl groups is 4. The molecule has 6 N–H and O–H groups in total. The van der Waals surface area contributed by atoms with E-state index in [1.165, 1.54) is 6.07 Å². The summed E-state index contributed by atoms with van der Waals surface area (Å²) >= 11 is 0. The van der Waals surface area contributed by atoms with Crippen LogP contribution in [-0.2, 0) is 32.2 Å². The van der Waals surface area contributed by atoms with Gasteiger partial charge in [0.05, 0.1) is 25.3 Å². The highest BCUT2D eigenvalue weighted by atomic mass is 19.1. The zero-order chi connectivity index (χ0) is 29.6. The molecule has 3 aliphatic heterocycles. The molecule has 1 aromatic carbocycles. The van der Waals surface area contributed by atoms with Crippen molar-refractivity contribution in [1.82, 2.24) is 20.4 Å². The molecule has 4 rings (SSSR count). The Labute approximate surface area is 231 Å². The van der Waals surface area contributed by atoms with Gasteiger partial charge in [0.2, 0.25) is 11.6 Å². The van der Waals surface area contributed by atoms with Crippen LogP contribution in [0.4, 0.5) is 4.39 Å². The number of morpholine rings is 1. The van der Waals surface area contributed by atoms with Gasteiger partial charge in [0.15, 0.2) is 17.4 Å². The number of halogens is 1. The molecule has 0 radical (unpaired) electrons. The number of imide groups is 1. The van der Waals surface area contributed by atoms with Crippen LogP contribution < -0.4 is 10.6 Å². The van der Waals surface area contributed by atoms with Crippen molar-refractivity contribution in [2.24, 2.45) is 0 Å². The van der Waals surface area contributed by atoms with Crippen LogP contribution in [0, 0.1) is 5.82 Å². The maximum Gasteiger partial charge on any atom is 0.279 e. The summed E-state index contributed by atoms with van der Waals surface area (Å²) in [6, 6.07) is 4.70. The summed E-state index contributed by atoms with van der Waals surface area (Å²) in [4.78, 5) is 39.8. The Hall–Kier alpha value is -3.94. The summed E-state index contributed by atoms with van der Waals surface area (Å²) in [5.74, 6) is -5.91. The van der Waals surface area contributed by atoms with Crippen molar-refractivity contribution >= 4 is 17.7 Å². The molecule has 0 bridgehead atoms. The Balaban J connectivity index is 0.00000216. The van der Waals surface area contributed by atoms with Gasteiger partial charge in [-0.25, -0.2) is 4.39 Å². The van der Waals surface area contributed by atoms with Gasteiger partial charge >= 0.3 is 0 Å². The summed E-state index contributed by atoms with van der Waals surface area (Å²) in [6.07, 6.45) is -0.672. The highest BCUT2D eigenvalue weighted by molar-refractivity contribution is 6.08. The second-order valence-corrected chi connectivity index (χ2v) is 9.25. The van der Waals surface area contributed by atoms with E-state index in [4.69, 9.17) is 4.74 Å². The Morgan fingerprint density at radius 1 is 1.18 bits per heavy atom. The molecule has 3 amide bonds. The second kappa shape index (κ2) is 12.9. The van der Waals surface area contributed by atoms with E-state index in [0.29, 0.717) is 24.7 Å². The number of hydrogen-bond acceptors (Lipinski definition) is 10. The average molecular weight is 563 g/mol. The molecule has 3 fully saturated rings. The van der Waals surface area contributed by atoms with Crippen molar-refractivity contribution in [3.05, 3.63) is 70.3 Å². The Bertz CT molecular complexity index is 1240. The first kappa shape index (κ1) is 30.6. The van der Waals surface area contributed by atoms with Gasteiger partial charge in [0.1, 0.15) is 5.82 Å². The van der Waals surface area contributed by atoms with Crippen LogP contribution in [0.5, 0.6) is 0 Å². The second-order valence-electron chi connectivity index (χ2n) is 9.25. The van der Waals surface area contributed by atoms with E-state index in [-0.39, 0.29) is 24.1 Å². The van der Waals surface area contributed by atoms with Crippen molar-refractivity contribution in [3.63, 3.8) is 0 Å². The minimum Gasteiger partial charge on any atom is -0.505 e. The van der Waals surface area contributed by atoms with Crippen molar-refractivity contribution < 1.29 is 43.9 Å². The molecule has 12 nitrogen and oxygen atoms in total. The molecule has 0 aromatic heterocycles. The number of carbonyl (C=O) groups excluding carboxylic acids is 3. The first-order chi connectivity index (χ1) is 19.0. The average Bonchev–Trinajstić information content (AvgIpc) is 3.29. The van der Waals surface area contributed by atoms with Gasteiger partial charge in [-0.15, -0.1) is 0 Å². The number of piperidine rings is 1. The van der Waals surface area contributed by atoms with Gasteiger partial charge in [-0.1, -0.05) is 32.6 Å². The van der Waals surface area contributed by atoms with Crippen LogP contribution in [0.15, 0.2) is 53.3 Å². The lowest BCUT2D eigenvalue weighted by atomic mass is 10.00. The van der Waals surface area contributed by atoms with Gasteiger partial charge in [0.25, 0.3) is 11.8 Å². The Morgan fingerprint density at radius 3 is 2.45 bits per heavy atom. The number of hydrogen-bond donors (Lipinski definition) is 6. The van der Waals surface area contributed by atoms with Crippen LogP contribution in [0.3, 0.4) is 0 Å². The summed E-state index contributed by atoms with van der Waals surface area (Å²) in [6.45, 7) is 9.69. The molecule has 0 aliphatic carbocycles. The fourth-order valence-electron chi connectivity index (χ4n) is 4.54. The fourth-order valence-corrected chi connectivity index (χ4v) is 4.54. The number of likely N-dealkylation sites (tertiary alicyclic amines) is 1. The maximum atomic E-state index is 14.8. The predicted octanol–water partition coefficient (Wildman–Crippen LogP) is 1.39. The molecule has 1 aromatic rings. The number of ether oxygens (including phenoxy) is 1. The van der Waals surface area contributed by atoms with Crippen molar-refractivity contribution in [2.75, 3.05) is 32.8 Å². The number of rotatable bonds is 7. The van der Waals surface area contributed by atoms with E-state index in [9.17, 15) is 39.2 Å². The van der Waals surface area contributed by atoms with Crippen molar-refractivity contribution in [3.8, 4) is 0 Å². The normalized spacial score (nSPS) is 24.2. The summed E-state index contributed by atoms with van der Waals surface area (Å²) < 4.78 is 20.1. The first-order valence-corrected chi connectivity index (χ1v) is 12.9. The molecule has 218 valence electrons. The maximum absolute atomic E-state index is 14.8. The van der Waals surface area contributed by atoms with E-state index in [2.05, 4.69) is 16.8 Å². The standard InChI is InChI=1S/C25H29FN4O8.C2H6/c1-14(31)21(33)20-17(13-30(23(20)35)25(37)5-4-19(32)28-24(25)36)22(34)27-11-16-3-2-15(10-18(16)26)12-29-6-8-38-9-7-29;1-2/h2-3,10,27,31,33-34,37H,1,4-9,11-13H2,(H,28,32,36);1-2H3/b21-20-,22-17-;. The Kier molecular flexibility index (Phi) is 9.90. The molecule has 0 spiro atoms.